The molecule has 0 saturated carbocycles. The molecule has 2 aromatic carbocycles. The van der Waals surface area contributed by atoms with E-state index in [0.29, 0.717) is 12.6 Å². The van der Waals surface area contributed by atoms with Gasteiger partial charge >= 0.3 is 0 Å². The SMILES string of the molecule is O=CC(N1CCC(c2noc3ccccc23)CC1)N1CNc2ccccc21. The van der Waals surface area contributed by atoms with Gasteiger partial charge in [-0.3, -0.25) is 9.69 Å². The van der Waals surface area contributed by atoms with E-state index < -0.39 is 0 Å². The lowest BCUT2D eigenvalue weighted by Gasteiger charge is -2.39. The van der Waals surface area contributed by atoms with Crippen LogP contribution in [0.3, 0.4) is 0 Å². The number of aromatic nitrogens is 1. The van der Waals surface area contributed by atoms with Crippen LogP contribution < -0.4 is 10.2 Å². The molecular formula is C21H22N4O2. The van der Waals surface area contributed by atoms with Crippen LogP contribution in [0.2, 0.25) is 0 Å². The first-order valence-electron chi connectivity index (χ1n) is 9.48. The molecule has 5 rings (SSSR count). The second-order valence-corrected chi connectivity index (χ2v) is 7.25. The Kier molecular flexibility index (Phi) is 4.05. The molecule has 1 atom stereocenters. The van der Waals surface area contributed by atoms with E-state index in [9.17, 15) is 4.79 Å². The molecule has 0 amide bonds. The molecule has 3 aromatic rings. The maximum atomic E-state index is 11.9. The molecule has 1 fully saturated rings. The highest BCUT2D eigenvalue weighted by molar-refractivity contribution is 5.80. The number of anilines is 2. The van der Waals surface area contributed by atoms with Crippen molar-refractivity contribution < 1.29 is 9.32 Å². The molecule has 0 spiro atoms. The fourth-order valence-corrected chi connectivity index (χ4v) is 4.36. The molecular weight excluding hydrogens is 340 g/mol. The molecule has 1 unspecified atom stereocenters. The minimum atomic E-state index is -0.240. The number of fused-ring (bicyclic) bond motifs is 2. The number of benzene rings is 2. The third kappa shape index (κ3) is 2.77. The lowest BCUT2D eigenvalue weighted by Crippen LogP contribution is -2.52. The summed E-state index contributed by atoms with van der Waals surface area (Å²) in [5.74, 6) is 0.376. The van der Waals surface area contributed by atoms with Crippen LogP contribution in [-0.4, -0.2) is 42.3 Å². The van der Waals surface area contributed by atoms with Crippen LogP contribution in [-0.2, 0) is 4.79 Å². The number of carbonyl (C=O) groups excluding carboxylic acids is 1. The quantitative estimate of drug-likeness (QED) is 0.718. The number of aldehydes is 1. The second kappa shape index (κ2) is 6.70. The van der Waals surface area contributed by atoms with Crippen LogP contribution >= 0.6 is 0 Å². The van der Waals surface area contributed by atoms with E-state index in [2.05, 4.69) is 38.5 Å². The first kappa shape index (κ1) is 16.3. The summed E-state index contributed by atoms with van der Waals surface area (Å²) in [4.78, 5) is 16.4. The van der Waals surface area contributed by atoms with Gasteiger partial charge in [-0.1, -0.05) is 29.4 Å². The van der Waals surface area contributed by atoms with Crippen molar-refractivity contribution in [2.75, 3.05) is 30.0 Å². The largest absolute Gasteiger partial charge is 0.366 e. The van der Waals surface area contributed by atoms with E-state index in [1.54, 1.807) is 0 Å². The van der Waals surface area contributed by atoms with Gasteiger partial charge in [0.15, 0.2) is 11.9 Å². The van der Waals surface area contributed by atoms with E-state index in [1.165, 1.54) is 0 Å². The van der Waals surface area contributed by atoms with Gasteiger partial charge in [0.1, 0.15) is 6.17 Å². The van der Waals surface area contributed by atoms with E-state index in [1.807, 2.05) is 30.3 Å². The Morgan fingerprint density at radius 3 is 2.74 bits per heavy atom. The number of piperidine rings is 1. The third-order valence-corrected chi connectivity index (χ3v) is 5.79. The molecule has 2 aliphatic rings. The van der Waals surface area contributed by atoms with E-state index in [-0.39, 0.29) is 6.17 Å². The van der Waals surface area contributed by atoms with Crippen LogP contribution in [0.1, 0.15) is 24.5 Å². The first-order chi connectivity index (χ1) is 13.3. The van der Waals surface area contributed by atoms with Crippen molar-refractivity contribution in [3.05, 3.63) is 54.2 Å². The molecule has 138 valence electrons. The average molecular weight is 362 g/mol. The first-order valence-corrected chi connectivity index (χ1v) is 9.48. The maximum absolute atomic E-state index is 11.9. The van der Waals surface area contributed by atoms with Crippen LogP contribution in [0.5, 0.6) is 0 Å². The third-order valence-electron chi connectivity index (χ3n) is 5.79. The molecule has 27 heavy (non-hydrogen) atoms. The molecule has 6 nitrogen and oxygen atoms in total. The summed E-state index contributed by atoms with van der Waals surface area (Å²) in [6.07, 6.45) is 2.78. The van der Waals surface area contributed by atoms with Gasteiger partial charge in [0.05, 0.1) is 23.7 Å². The Morgan fingerprint density at radius 1 is 1.11 bits per heavy atom. The fraction of sp³-hybridized carbons (Fsp3) is 0.333. The molecule has 0 radical (unpaired) electrons. The predicted molar refractivity (Wildman–Crippen MR) is 105 cm³/mol. The highest BCUT2D eigenvalue weighted by Crippen LogP contribution is 2.36. The number of nitrogens with one attached hydrogen (secondary N) is 1. The molecule has 1 N–H and O–H groups in total. The number of hydrogen-bond acceptors (Lipinski definition) is 6. The van der Waals surface area contributed by atoms with Crippen LogP contribution in [0.4, 0.5) is 11.4 Å². The Labute approximate surface area is 157 Å². The fourth-order valence-electron chi connectivity index (χ4n) is 4.36. The van der Waals surface area contributed by atoms with Crippen LogP contribution in [0, 0.1) is 0 Å². The van der Waals surface area contributed by atoms with Gasteiger partial charge in [0.25, 0.3) is 0 Å². The monoisotopic (exact) mass is 362 g/mol. The average Bonchev–Trinajstić information content (AvgIpc) is 3.34. The zero-order chi connectivity index (χ0) is 18.2. The Balaban J connectivity index is 1.32. The molecule has 1 saturated heterocycles. The number of rotatable bonds is 4. The van der Waals surface area contributed by atoms with E-state index in [0.717, 1.165) is 60.3 Å². The Hall–Kier alpha value is -2.86. The van der Waals surface area contributed by atoms with Crippen LogP contribution in [0.25, 0.3) is 11.0 Å². The summed E-state index contributed by atoms with van der Waals surface area (Å²) in [7, 11) is 0. The number of likely N-dealkylation sites (tertiary alicyclic amines) is 1. The van der Waals surface area contributed by atoms with Gasteiger partial charge in [-0.15, -0.1) is 0 Å². The van der Waals surface area contributed by atoms with Crippen molar-refractivity contribution in [1.29, 1.82) is 0 Å². The zero-order valence-corrected chi connectivity index (χ0v) is 15.0. The van der Waals surface area contributed by atoms with Crippen molar-refractivity contribution in [3.8, 4) is 0 Å². The lowest BCUT2D eigenvalue weighted by atomic mass is 9.91. The maximum Gasteiger partial charge on any atom is 0.167 e. The minimum absolute atomic E-state index is 0.240. The predicted octanol–water partition coefficient (Wildman–Crippen LogP) is 3.42. The molecule has 0 aliphatic carbocycles. The Morgan fingerprint density at radius 2 is 1.89 bits per heavy atom. The number of hydrogen-bond donors (Lipinski definition) is 1. The summed E-state index contributed by atoms with van der Waals surface area (Å²) < 4.78 is 5.48. The van der Waals surface area contributed by atoms with Crippen molar-refractivity contribution in [3.63, 3.8) is 0 Å². The highest BCUT2D eigenvalue weighted by Gasteiger charge is 2.33. The lowest BCUT2D eigenvalue weighted by molar-refractivity contribution is -0.112. The number of para-hydroxylation sites is 3. The van der Waals surface area contributed by atoms with Crippen molar-refractivity contribution in [2.45, 2.75) is 24.9 Å². The summed E-state index contributed by atoms with van der Waals surface area (Å²) in [6.45, 7) is 2.40. The molecule has 2 aliphatic heterocycles. The second-order valence-electron chi connectivity index (χ2n) is 7.25. The smallest absolute Gasteiger partial charge is 0.167 e. The van der Waals surface area contributed by atoms with Gasteiger partial charge in [0, 0.05) is 24.4 Å². The number of carbonyl (C=O) groups is 1. The van der Waals surface area contributed by atoms with Gasteiger partial charge in [-0.05, 0) is 37.1 Å². The van der Waals surface area contributed by atoms with Crippen LogP contribution in [0.15, 0.2) is 53.1 Å². The highest BCUT2D eigenvalue weighted by atomic mass is 16.5. The topological polar surface area (TPSA) is 61.6 Å². The molecule has 0 bridgehead atoms. The van der Waals surface area contributed by atoms with E-state index >= 15 is 0 Å². The summed E-state index contributed by atoms with van der Waals surface area (Å²) in [6, 6.07) is 16.2. The van der Waals surface area contributed by atoms with Gasteiger partial charge in [-0.2, -0.15) is 0 Å². The normalized spacial score (nSPS) is 19.0. The summed E-state index contributed by atoms with van der Waals surface area (Å²) in [5, 5.41) is 8.82. The van der Waals surface area contributed by atoms with Crippen molar-refractivity contribution >= 4 is 28.6 Å². The van der Waals surface area contributed by atoms with Crippen molar-refractivity contribution in [1.82, 2.24) is 10.1 Å². The summed E-state index contributed by atoms with van der Waals surface area (Å²) in [5.41, 5.74) is 4.09. The van der Waals surface area contributed by atoms with E-state index in [4.69, 9.17) is 4.52 Å². The minimum Gasteiger partial charge on any atom is -0.366 e. The summed E-state index contributed by atoms with van der Waals surface area (Å²) >= 11 is 0. The number of nitrogens with zero attached hydrogens (tertiary/aromatic N) is 3. The zero-order valence-electron chi connectivity index (χ0n) is 15.0. The van der Waals surface area contributed by atoms with Gasteiger partial charge in [-0.25, -0.2) is 0 Å². The molecule has 6 heteroatoms. The standard InChI is InChI=1S/C21H22N4O2/c26-13-20(25-14-22-17-6-2-3-7-18(17)25)24-11-9-15(10-12-24)21-16-5-1-4-8-19(16)27-23-21/h1-8,13,15,20,22H,9-12,14H2. The molecule has 1 aromatic heterocycles. The van der Waals surface area contributed by atoms with Gasteiger partial charge < -0.3 is 14.7 Å². The Bertz CT molecular complexity index is 961. The van der Waals surface area contributed by atoms with Crippen molar-refractivity contribution in [2.24, 2.45) is 0 Å². The molecule has 3 heterocycles. The van der Waals surface area contributed by atoms with Gasteiger partial charge in [0.2, 0.25) is 0 Å².